The van der Waals surface area contributed by atoms with E-state index in [0.717, 1.165) is 28.0 Å². The van der Waals surface area contributed by atoms with Crippen LogP contribution in [-0.4, -0.2) is 10.9 Å². The molecule has 88 valence electrons. The summed E-state index contributed by atoms with van der Waals surface area (Å²) in [6, 6.07) is 14.0. The van der Waals surface area contributed by atoms with Crippen LogP contribution in [0.2, 0.25) is 0 Å². The molecule has 3 heteroatoms. The van der Waals surface area contributed by atoms with Gasteiger partial charge in [-0.05, 0) is 23.6 Å². The van der Waals surface area contributed by atoms with Crippen molar-refractivity contribution in [1.82, 2.24) is 4.57 Å². The summed E-state index contributed by atoms with van der Waals surface area (Å²) in [7, 11) is 0. The van der Waals surface area contributed by atoms with Gasteiger partial charge in [0.25, 0.3) is 0 Å². The van der Waals surface area contributed by atoms with E-state index in [1.807, 2.05) is 64.8 Å². The Hall–Kier alpha value is -2.13. The fourth-order valence-corrected chi connectivity index (χ4v) is 2.71. The van der Waals surface area contributed by atoms with Gasteiger partial charge in [-0.15, -0.1) is 11.3 Å². The number of hydrogen-bond acceptors (Lipinski definition) is 2. The number of aldehydes is 1. The average molecular weight is 253 g/mol. The first-order valence-corrected chi connectivity index (χ1v) is 6.53. The maximum absolute atomic E-state index is 11.2. The summed E-state index contributed by atoms with van der Waals surface area (Å²) in [5, 5.41) is 2.02. The molecule has 0 atom stereocenters. The van der Waals surface area contributed by atoms with Crippen LogP contribution in [-0.2, 0) is 0 Å². The van der Waals surface area contributed by atoms with Crippen molar-refractivity contribution in [2.45, 2.75) is 0 Å². The number of thiophene rings is 1. The number of carbonyl (C=O) groups is 1. The molecule has 1 aromatic carbocycles. The molecule has 0 aliphatic carbocycles. The minimum atomic E-state index is 0.723. The van der Waals surface area contributed by atoms with Crippen molar-refractivity contribution in [2.75, 3.05) is 0 Å². The van der Waals surface area contributed by atoms with E-state index in [9.17, 15) is 4.79 Å². The van der Waals surface area contributed by atoms with E-state index in [-0.39, 0.29) is 0 Å². The summed E-state index contributed by atoms with van der Waals surface area (Å²) in [6.07, 6.45) is 4.79. The lowest BCUT2D eigenvalue weighted by Crippen LogP contribution is -1.87. The molecule has 0 saturated heterocycles. The number of nitrogens with zero attached hydrogens (tertiary/aromatic N) is 1. The minimum Gasteiger partial charge on any atom is -0.322 e. The Morgan fingerprint density at radius 1 is 1.00 bits per heavy atom. The standard InChI is InChI=1S/C15H11NOS/c17-11-12-9-16(13-5-2-1-3-6-13)10-14(12)15-7-4-8-18-15/h1-11H. The first-order chi connectivity index (χ1) is 8.88. The lowest BCUT2D eigenvalue weighted by molar-refractivity contribution is 0.112. The van der Waals surface area contributed by atoms with Gasteiger partial charge in [0.15, 0.2) is 6.29 Å². The molecule has 0 radical (unpaired) electrons. The number of para-hydroxylation sites is 1. The maximum atomic E-state index is 11.2. The second-order valence-electron chi connectivity index (χ2n) is 3.97. The normalized spacial score (nSPS) is 10.4. The smallest absolute Gasteiger partial charge is 0.152 e. The average Bonchev–Trinajstić information content (AvgIpc) is 3.08. The molecule has 3 rings (SSSR count). The Labute approximate surface area is 109 Å². The summed E-state index contributed by atoms with van der Waals surface area (Å²) >= 11 is 1.64. The summed E-state index contributed by atoms with van der Waals surface area (Å²) in [5.41, 5.74) is 2.77. The summed E-state index contributed by atoms with van der Waals surface area (Å²) in [6.45, 7) is 0. The van der Waals surface area contributed by atoms with Gasteiger partial charge in [-0.25, -0.2) is 0 Å². The lowest BCUT2D eigenvalue weighted by atomic mass is 10.2. The van der Waals surface area contributed by atoms with Gasteiger partial charge < -0.3 is 4.57 Å². The Balaban J connectivity index is 2.12. The largest absolute Gasteiger partial charge is 0.322 e. The fourth-order valence-electron chi connectivity index (χ4n) is 1.95. The predicted molar refractivity (Wildman–Crippen MR) is 74.5 cm³/mol. The third-order valence-corrected chi connectivity index (χ3v) is 3.73. The zero-order valence-electron chi connectivity index (χ0n) is 9.61. The molecule has 3 aromatic rings. The van der Waals surface area contributed by atoms with Crippen molar-refractivity contribution in [1.29, 1.82) is 0 Å². The first kappa shape index (κ1) is 11.0. The molecule has 0 N–H and O–H groups in total. The number of benzene rings is 1. The van der Waals surface area contributed by atoms with Crippen molar-refractivity contribution in [3.63, 3.8) is 0 Å². The molecular formula is C15H11NOS. The zero-order valence-corrected chi connectivity index (χ0v) is 10.4. The van der Waals surface area contributed by atoms with E-state index in [1.165, 1.54) is 0 Å². The van der Waals surface area contributed by atoms with Crippen LogP contribution in [0.1, 0.15) is 10.4 Å². The second-order valence-corrected chi connectivity index (χ2v) is 4.91. The highest BCUT2D eigenvalue weighted by Crippen LogP contribution is 2.29. The van der Waals surface area contributed by atoms with Crippen LogP contribution in [0.4, 0.5) is 0 Å². The molecule has 0 aliphatic rings. The maximum Gasteiger partial charge on any atom is 0.152 e. The third kappa shape index (κ3) is 1.89. The quantitative estimate of drug-likeness (QED) is 0.646. The van der Waals surface area contributed by atoms with Gasteiger partial charge in [-0.2, -0.15) is 0 Å². The van der Waals surface area contributed by atoms with Crippen LogP contribution in [0.3, 0.4) is 0 Å². The van der Waals surface area contributed by atoms with Gasteiger partial charge in [0, 0.05) is 34.1 Å². The molecule has 0 amide bonds. The van der Waals surface area contributed by atoms with Crippen LogP contribution in [0.15, 0.2) is 60.2 Å². The first-order valence-electron chi connectivity index (χ1n) is 5.65. The molecule has 0 spiro atoms. The van der Waals surface area contributed by atoms with Gasteiger partial charge in [-0.1, -0.05) is 24.3 Å². The van der Waals surface area contributed by atoms with Crippen molar-refractivity contribution in [2.24, 2.45) is 0 Å². The number of aromatic nitrogens is 1. The monoisotopic (exact) mass is 253 g/mol. The topological polar surface area (TPSA) is 22.0 Å². The third-order valence-electron chi connectivity index (χ3n) is 2.83. The number of rotatable bonds is 3. The SMILES string of the molecule is O=Cc1cn(-c2ccccc2)cc1-c1cccs1. The molecule has 0 aliphatic heterocycles. The summed E-state index contributed by atoms with van der Waals surface area (Å²) in [4.78, 5) is 12.3. The highest BCUT2D eigenvalue weighted by Gasteiger charge is 2.09. The van der Waals surface area contributed by atoms with E-state index in [4.69, 9.17) is 0 Å². The number of carbonyl (C=O) groups excluding carboxylic acids is 1. The van der Waals surface area contributed by atoms with Crippen LogP contribution in [0.25, 0.3) is 16.1 Å². The molecule has 2 nitrogen and oxygen atoms in total. The Morgan fingerprint density at radius 3 is 2.50 bits per heavy atom. The van der Waals surface area contributed by atoms with E-state index in [0.29, 0.717) is 0 Å². The van der Waals surface area contributed by atoms with Gasteiger partial charge in [-0.3, -0.25) is 4.79 Å². The Kier molecular flexibility index (Phi) is 2.82. The van der Waals surface area contributed by atoms with Crippen molar-refractivity contribution in [3.05, 3.63) is 65.8 Å². The molecule has 2 aromatic heterocycles. The lowest BCUT2D eigenvalue weighted by Gasteiger charge is -2.00. The minimum absolute atomic E-state index is 0.723. The van der Waals surface area contributed by atoms with Gasteiger partial charge >= 0.3 is 0 Å². The molecule has 0 fully saturated rings. The van der Waals surface area contributed by atoms with Crippen LogP contribution >= 0.6 is 11.3 Å². The van der Waals surface area contributed by atoms with E-state index < -0.39 is 0 Å². The summed E-state index contributed by atoms with van der Waals surface area (Å²) < 4.78 is 1.98. The molecular weight excluding hydrogens is 242 g/mol. The molecule has 18 heavy (non-hydrogen) atoms. The highest BCUT2D eigenvalue weighted by molar-refractivity contribution is 7.13. The van der Waals surface area contributed by atoms with E-state index >= 15 is 0 Å². The van der Waals surface area contributed by atoms with Gasteiger partial charge in [0.1, 0.15) is 0 Å². The Morgan fingerprint density at radius 2 is 1.83 bits per heavy atom. The molecule has 2 heterocycles. The predicted octanol–water partition coefficient (Wildman–Crippen LogP) is 4.02. The molecule has 0 bridgehead atoms. The van der Waals surface area contributed by atoms with Crippen LogP contribution < -0.4 is 0 Å². The van der Waals surface area contributed by atoms with Crippen LogP contribution in [0.5, 0.6) is 0 Å². The van der Waals surface area contributed by atoms with E-state index in [1.54, 1.807) is 11.3 Å². The Bertz CT molecular complexity index is 653. The van der Waals surface area contributed by atoms with Crippen molar-refractivity contribution >= 4 is 17.6 Å². The van der Waals surface area contributed by atoms with Crippen molar-refractivity contribution < 1.29 is 4.79 Å². The van der Waals surface area contributed by atoms with Gasteiger partial charge in [0.05, 0.1) is 0 Å². The highest BCUT2D eigenvalue weighted by atomic mass is 32.1. The molecule has 0 saturated carbocycles. The second kappa shape index (κ2) is 4.63. The van der Waals surface area contributed by atoms with Gasteiger partial charge in [0.2, 0.25) is 0 Å². The van der Waals surface area contributed by atoms with E-state index in [2.05, 4.69) is 0 Å². The number of hydrogen-bond donors (Lipinski definition) is 0. The van der Waals surface area contributed by atoms with Crippen molar-refractivity contribution in [3.8, 4) is 16.1 Å². The molecule has 0 unspecified atom stereocenters. The fraction of sp³-hybridized carbons (Fsp3) is 0. The zero-order chi connectivity index (χ0) is 12.4. The summed E-state index contributed by atoms with van der Waals surface area (Å²) in [5.74, 6) is 0. The van der Waals surface area contributed by atoms with Crippen LogP contribution in [0, 0.1) is 0 Å².